The Hall–Kier alpha value is -6.85. The normalized spacial score (nSPS) is 11.6. The highest BCUT2D eigenvalue weighted by atomic mass is 16.3. The summed E-state index contributed by atoms with van der Waals surface area (Å²) in [6.07, 6.45) is 0. The van der Waals surface area contributed by atoms with Gasteiger partial charge in [0, 0.05) is 49.5 Å². The maximum absolute atomic E-state index is 6.12. The molecule has 0 unspecified atom stereocenters. The van der Waals surface area contributed by atoms with Crippen molar-refractivity contribution < 1.29 is 4.42 Å². The minimum atomic E-state index is 0.610. The van der Waals surface area contributed by atoms with E-state index in [2.05, 4.69) is 114 Å². The molecular formula is C45H28N4O. The highest BCUT2D eigenvalue weighted by Gasteiger charge is 2.19. The summed E-state index contributed by atoms with van der Waals surface area (Å²) in [5, 5.41) is 4.40. The fourth-order valence-corrected chi connectivity index (χ4v) is 7.12. The Morgan fingerprint density at radius 2 is 0.940 bits per heavy atom. The highest BCUT2D eigenvalue weighted by molar-refractivity contribution is 6.14. The molecule has 0 N–H and O–H groups in total. The Bertz CT molecular complexity index is 2860. The van der Waals surface area contributed by atoms with E-state index in [0.29, 0.717) is 17.5 Å². The molecule has 0 spiro atoms. The van der Waals surface area contributed by atoms with E-state index in [0.717, 1.165) is 55.2 Å². The molecule has 0 fully saturated rings. The molecule has 3 heterocycles. The lowest BCUT2D eigenvalue weighted by Crippen LogP contribution is -2.00. The molecule has 0 saturated heterocycles. The van der Waals surface area contributed by atoms with E-state index in [9.17, 15) is 0 Å². The maximum atomic E-state index is 6.12. The summed E-state index contributed by atoms with van der Waals surface area (Å²) in [6, 6.07) is 58.7. The van der Waals surface area contributed by atoms with Crippen molar-refractivity contribution in [1.82, 2.24) is 19.5 Å². The summed E-state index contributed by atoms with van der Waals surface area (Å²) in [5.74, 6) is 1.85. The van der Waals surface area contributed by atoms with Crippen LogP contribution in [0.1, 0.15) is 0 Å². The number of rotatable bonds is 5. The van der Waals surface area contributed by atoms with E-state index >= 15 is 0 Å². The lowest BCUT2D eigenvalue weighted by atomic mass is 10.0. The Balaban J connectivity index is 1.21. The van der Waals surface area contributed by atoms with Gasteiger partial charge < -0.3 is 8.98 Å². The Morgan fingerprint density at radius 1 is 0.380 bits per heavy atom. The van der Waals surface area contributed by atoms with Crippen molar-refractivity contribution in [2.45, 2.75) is 0 Å². The van der Waals surface area contributed by atoms with Gasteiger partial charge in [-0.25, -0.2) is 15.0 Å². The minimum absolute atomic E-state index is 0.610. The van der Waals surface area contributed by atoms with Crippen molar-refractivity contribution in [1.29, 1.82) is 0 Å². The molecule has 0 atom stereocenters. The molecule has 0 aliphatic carbocycles. The number of benzene rings is 7. The topological polar surface area (TPSA) is 56.7 Å². The second-order valence-electron chi connectivity index (χ2n) is 12.5. The third kappa shape index (κ3) is 4.60. The van der Waals surface area contributed by atoms with E-state index < -0.39 is 0 Å². The Kier molecular flexibility index (Phi) is 6.42. The number of hydrogen-bond acceptors (Lipinski definition) is 4. The monoisotopic (exact) mass is 640 g/mol. The summed E-state index contributed by atoms with van der Waals surface area (Å²) in [5.41, 5.74) is 10.2. The quantitative estimate of drug-likeness (QED) is 0.188. The molecule has 0 saturated carbocycles. The summed E-state index contributed by atoms with van der Waals surface area (Å²) in [7, 11) is 0. The molecule has 10 rings (SSSR count). The molecule has 50 heavy (non-hydrogen) atoms. The predicted molar refractivity (Wildman–Crippen MR) is 203 cm³/mol. The number of hydrogen-bond donors (Lipinski definition) is 0. The molecule has 7 aromatic carbocycles. The largest absolute Gasteiger partial charge is 0.456 e. The van der Waals surface area contributed by atoms with Crippen LogP contribution in [0.2, 0.25) is 0 Å². The SMILES string of the molecule is c1ccc(-c2nc(-c3ccc4oc5ccccc5c4c3)nc(-c3ccc4c(c3)c3cccc(-c5ccccc5)c3n4-c3ccccc3)n2)cc1. The number of furan rings is 1. The van der Waals surface area contributed by atoms with Gasteiger partial charge in [-0.15, -0.1) is 0 Å². The Labute approximate surface area is 287 Å². The third-order valence-corrected chi connectivity index (χ3v) is 9.45. The first-order valence-electron chi connectivity index (χ1n) is 16.7. The fourth-order valence-electron chi connectivity index (χ4n) is 7.12. The van der Waals surface area contributed by atoms with E-state index in [-0.39, 0.29) is 0 Å². The lowest BCUT2D eigenvalue weighted by molar-refractivity contribution is 0.669. The highest BCUT2D eigenvalue weighted by Crippen LogP contribution is 2.40. The van der Waals surface area contributed by atoms with Gasteiger partial charge in [-0.1, -0.05) is 115 Å². The fraction of sp³-hybridized carbons (Fsp3) is 0. The second-order valence-corrected chi connectivity index (χ2v) is 12.5. The van der Waals surface area contributed by atoms with Gasteiger partial charge in [0.1, 0.15) is 11.2 Å². The molecule has 0 aliphatic heterocycles. The first kappa shape index (κ1) is 28.2. The van der Waals surface area contributed by atoms with E-state index in [1.165, 1.54) is 22.0 Å². The molecular weight excluding hydrogens is 613 g/mol. The van der Waals surface area contributed by atoms with Crippen LogP contribution < -0.4 is 0 Å². The number of nitrogens with zero attached hydrogens (tertiary/aromatic N) is 4. The molecule has 3 aromatic heterocycles. The number of para-hydroxylation sites is 3. The molecule has 0 aliphatic rings. The van der Waals surface area contributed by atoms with Gasteiger partial charge in [-0.05, 0) is 60.2 Å². The summed E-state index contributed by atoms with van der Waals surface area (Å²) in [6.45, 7) is 0. The molecule has 234 valence electrons. The van der Waals surface area contributed by atoms with Crippen molar-refractivity contribution >= 4 is 43.7 Å². The van der Waals surface area contributed by atoms with Crippen LogP contribution in [0.3, 0.4) is 0 Å². The first-order chi connectivity index (χ1) is 24.8. The van der Waals surface area contributed by atoms with Gasteiger partial charge in [0.25, 0.3) is 0 Å². The van der Waals surface area contributed by atoms with Crippen LogP contribution in [0, 0.1) is 0 Å². The van der Waals surface area contributed by atoms with Crippen LogP contribution in [0.4, 0.5) is 0 Å². The molecule has 0 bridgehead atoms. The van der Waals surface area contributed by atoms with Crippen molar-refractivity contribution in [3.63, 3.8) is 0 Å². The van der Waals surface area contributed by atoms with Crippen molar-refractivity contribution in [2.24, 2.45) is 0 Å². The predicted octanol–water partition coefficient (Wildman–Crippen LogP) is 11.5. The van der Waals surface area contributed by atoms with E-state index in [4.69, 9.17) is 19.4 Å². The molecule has 10 aromatic rings. The minimum Gasteiger partial charge on any atom is -0.456 e. The van der Waals surface area contributed by atoms with E-state index in [1.807, 2.05) is 60.7 Å². The number of fused-ring (bicyclic) bond motifs is 6. The lowest BCUT2D eigenvalue weighted by Gasteiger charge is -2.12. The van der Waals surface area contributed by atoms with Crippen LogP contribution in [-0.2, 0) is 0 Å². The van der Waals surface area contributed by atoms with Gasteiger partial charge in [-0.3, -0.25) is 0 Å². The van der Waals surface area contributed by atoms with Gasteiger partial charge in [0.05, 0.1) is 11.0 Å². The van der Waals surface area contributed by atoms with Crippen LogP contribution >= 0.6 is 0 Å². The van der Waals surface area contributed by atoms with Crippen LogP contribution in [0.5, 0.6) is 0 Å². The van der Waals surface area contributed by atoms with Gasteiger partial charge >= 0.3 is 0 Å². The van der Waals surface area contributed by atoms with Crippen LogP contribution in [0.25, 0.3) is 94.7 Å². The van der Waals surface area contributed by atoms with Gasteiger partial charge in [-0.2, -0.15) is 0 Å². The van der Waals surface area contributed by atoms with Crippen molar-refractivity contribution in [2.75, 3.05) is 0 Å². The summed E-state index contributed by atoms with van der Waals surface area (Å²) >= 11 is 0. The smallest absolute Gasteiger partial charge is 0.164 e. The van der Waals surface area contributed by atoms with Gasteiger partial charge in [0.15, 0.2) is 17.5 Å². The second kappa shape index (κ2) is 11.4. The average molecular weight is 641 g/mol. The first-order valence-corrected chi connectivity index (χ1v) is 16.7. The van der Waals surface area contributed by atoms with Crippen LogP contribution in [0.15, 0.2) is 174 Å². The number of aromatic nitrogens is 4. The summed E-state index contributed by atoms with van der Waals surface area (Å²) in [4.78, 5) is 15.2. The average Bonchev–Trinajstić information content (AvgIpc) is 3.74. The Morgan fingerprint density at radius 3 is 1.68 bits per heavy atom. The van der Waals surface area contributed by atoms with Crippen LogP contribution in [-0.4, -0.2) is 19.5 Å². The standard InChI is InChI=1S/C45H28N4O/c1-4-13-29(14-5-1)34-20-12-21-36-37-27-31(23-25-39(37)49(42(34)36)33-17-8-3-9-18-33)44-46-43(30-15-6-2-7-16-30)47-45(48-44)32-24-26-41-38(28-32)35-19-10-11-22-40(35)50-41/h1-28H. The molecule has 0 amide bonds. The molecule has 5 heteroatoms. The van der Waals surface area contributed by atoms with Gasteiger partial charge in [0.2, 0.25) is 0 Å². The zero-order valence-corrected chi connectivity index (χ0v) is 26.9. The third-order valence-electron chi connectivity index (χ3n) is 9.45. The summed E-state index contributed by atoms with van der Waals surface area (Å²) < 4.78 is 8.49. The van der Waals surface area contributed by atoms with Crippen molar-refractivity contribution in [3.05, 3.63) is 170 Å². The zero-order valence-electron chi connectivity index (χ0n) is 26.9. The molecule has 0 radical (unpaired) electrons. The zero-order chi connectivity index (χ0) is 33.0. The molecule has 5 nitrogen and oxygen atoms in total. The van der Waals surface area contributed by atoms with E-state index in [1.54, 1.807) is 0 Å². The maximum Gasteiger partial charge on any atom is 0.164 e. The van der Waals surface area contributed by atoms with Crippen molar-refractivity contribution in [3.8, 4) is 51.0 Å².